The van der Waals surface area contributed by atoms with E-state index in [0.717, 1.165) is 5.92 Å². The molecule has 1 heterocycles. The normalized spacial score (nSPS) is 14.7. The molecular formula is C33H67N. The molecule has 1 rings (SSSR count). The van der Waals surface area contributed by atoms with Gasteiger partial charge in [0.05, 0.1) is 0 Å². The highest BCUT2D eigenvalue weighted by Gasteiger charge is 2.11. The highest BCUT2D eigenvalue weighted by atomic mass is 14.9. The summed E-state index contributed by atoms with van der Waals surface area (Å²) < 4.78 is 0. The van der Waals surface area contributed by atoms with Gasteiger partial charge in [-0.25, -0.2) is 0 Å². The molecule has 0 aromatic carbocycles. The second-order valence-corrected chi connectivity index (χ2v) is 11.8. The van der Waals surface area contributed by atoms with E-state index in [9.17, 15) is 0 Å². The molecule has 204 valence electrons. The average Bonchev–Trinajstić information content (AvgIpc) is 2.87. The van der Waals surface area contributed by atoms with Crippen LogP contribution in [0.5, 0.6) is 0 Å². The molecule has 1 aliphatic heterocycles. The molecule has 0 aromatic rings. The number of hydrogen-bond donors (Lipinski definition) is 1. The van der Waals surface area contributed by atoms with Crippen molar-refractivity contribution in [1.29, 1.82) is 0 Å². The van der Waals surface area contributed by atoms with E-state index in [4.69, 9.17) is 0 Å². The zero-order chi connectivity index (χ0) is 24.2. The molecule has 0 saturated carbocycles. The van der Waals surface area contributed by atoms with Crippen molar-refractivity contribution in [1.82, 2.24) is 5.32 Å². The lowest BCUT2D eigenvalue weighted by molar-refractivity contribution is 0.342. The maximum Gasteiger partial charge on any atom is -0.00463 e. The van der Waals surface area contributed by atoms with Crippen molar-refractivity contribution >= 4 is 0 Å². The van der Waals surface area contributed by atoms with Crippen molar-refractivity contribution in [2.75, 3.05) is 13.1 Å². The van der Waals surface area contributed by atoms with Gasteiger partial charge in [-0.05, 0) is 31.8 Å². The van der Waals surface area contributed by atoms with Crippen LogP contribution in [0.25, 0.3) is 0 Å². The van der Waals surface area contributed by atoms with Gasteiger partial charge >= 0.3 is 0 Å². The first-order chi connectivity index (χ1) is 16.9. The molecule has 0 bridgehead atoms. The topological polar surface area (TPSA) is 12.0 Å². The van der Waals surface area contributed by atoms with Gasteiger partial charge in [-0.2, -0.15) is 0 Å². The van der Waals surface area contributed by atoms with E-state index in [2.05, 4.69) is 12.2 Å². The summed E-state index contributed by atoms with van der Waals surface area (Å²) in [5.41, 5.74) is 0. The van der Waals surface area contributed by atoms with Crippen molar-refractivity contribution in [3.8, 4) is 0 Å². The molecule has 0 spiro atoms. The Morgan fingerprint density at radius 1 is 0.382 bits per heavy atom. The predicted molar refractivity (Wildman–Crippen MR) is 156 cm³/mol. The Morgan fingerprint density at radius 3 is 0.941 bits per heavy atom. The van der Waals surface area contributed by atoms with E-state index in [1.807, 2.05) is 0 Å². The molecular weight excluding hydrogens is 410 g/mol. The smallest absolute Gasteiger partial charge is 0.00463 e. The number of unbranched alkanes of at least 4 members (excludes halogenated alkanes) is 25. The summed E-state index contributed by atoms with van der Waals surface area (Å²) in [5, 5.41) is 3.49. The van der Waals surface area contributed by atoms with Crippen LogP contribution in [-0.2, 0) is 0 Å². The molecule has 1 heteroatoms. The van der Waals surface area contributed by atoms with Gasteiger partial charge in [0.15, 0.2) is 0 Å². The molecule has 0 atom stereocenters. The van der Waals surface area contributed by atoms with Crippen LogP contribution in [-0.4, -0.2) is 13.1 Å². The van der Waals surface area contributed by atoms with Gasteiger partial charge in [0, 0.05) is 0 Å². The summed E-state index contributed by atoms with van der Waals surface area (Å²) in [6, 6.07) is 0. The van der Waals surface area contributed by atoms with Gasteiger partial charge in [-0.3, -0.25) is 0 Å². The number of rotatable bonds is 27. The maximum atomic E-state index is 3.49. The Labute approximate surface area is 217 Å². The SMILES string of the molecule is CCCCCCCCCCCCCCCCCCCCCCCCCCCCC1CCNCC1. The Balaban J connectivity index is 1.61. The predicted octanol–water partition coefficient (Wildman–Crippen LogP) is 11.5. The Hall–Kier alpha value is -0.0400. The van der Waals surface area contributed by atoms with Crippen LogP contribution in [0.3, 0.4) is 0 Å². The summed E-state index contributed by atoms with van der Waals surface area (Å²) in [6.45, 7) is 4.84. The molecule has 1 aliphatic rings. The summed E-state index contributed by atoms with van der Waals surface area (Å²) in [7, 11) is 0. The van der Waals surface area contributed by atoms with Crippen LogP contribution >= 0.6 is 0 Å². The summed E-state index contributed by atoms with van der Waals surface area (Å²) >= 11 is 0. The molecule has 0 radical (unpaired) electrons. The lowest BCUT2D eigenvalue weighted by atomic mass is 9.92. The standard InChI is InChI=1S/C33H67N/c1-2-3-4-5-6-7-8-9-10-11-12-13-14-15-16-17-18-19-20-21-22-23-24-25-26-27-28-33-29-31-34-32-30-33/h33-34H,2-32H2,1H3. The third-order valence-corrected chi connectivity index (χ3v) is 8.42. The van der Waals surface area contributed by atoms with E-state index in [1.165, 1.54) is 199 Å². The van der Waals surface area contributed by atoms with Crippen molar-refractivity contribution in [3.05, 3.63) is 0 Å². The molecule has 1 saturated heterocycles. The highest BCUT2D eigenvalue weighted by molar-refractivity contribution is 4.68. The number of hydrogen-bond acceptors (Lipinski definition) is 1. The van der Waals surface area contributed by atoms with Crippen molar-refractivity contribution in [3.63, 3.8) is 0 Å². The monoisotopic (exact) mass is 478 g/mol. The van der Waals surface area contributed by atoms with Gasteiger partial charge in [0.25, 0.3) is 0 Å². The van der Waals surface area contributed by atoms with Crippen molar-refractivity contribution < 1.29 is 0 Å². The fraction of sp³-hybridized carbons (Fsp3) is 1.00. The lowest BCUT2D eigenvalue weighted by Crippen LogP contribution is -2.27. The van der Waals surface area contributed by atoms with Crippen LogP contribution in [0.4, 0.5) is 0 Å². The fourth-order valence-electron chi connectivity index (χ4n) is 5.92. The van der Waals surface area contributed by atoms with E-state index in [0.29, 0.717) is 0 Å². The quantitative estimate of drug-likeness (QED) is 0.116. The zero-order valence-electron chi connectivity index (χ0n) is 24.0. The fourth-order valence-corrected chi connectivity index (χ4v) is 5.92. The molecule has 0 amide bonds. The van der Waals surface area contributed by atoms with Crippen LogP contribution < -0.4 is 5.32 Å². The van der Waals surface area contributed by atoms with E-state index in [1.54, 1.807) is 0 Å². The highest BCUT2D eigenvalue weighted by Crippen LogP contribution is 2.20. The van der Waals surface area contributed by atoms with E-state index in [-0.39, 0.29) is 0 Å². The first-order valence-corrected chi connectivity index (χ1v) is 16.6. The molecule has 1 fully saturated rings. The van der Waals surface area contributed by atoms with Crippen LogP contribution in [0.1, 0.15) is 193 Å². The Kier molecular flexibility index (Phi) is 25.9. The molecule has 0 aliphatic carbocycles. The molecule has 0 aromatic heterocycles. The first-order valence-electron chi connectivity index (χ1n) is 16.6. The summed E-state index contributed by atoms with van der Waals surface area (Å²) in [4.78, 5) is 0. The lowest BCUT2D eigenvalue weighted by Gasteiger charge is -2.22. The van der Waals surface area contributed by atoms with Crippen LogP contribution in [0.15, 0.2) is 0 Å². The van der Waals surface area contributed by atoms with Gasteiger partial charge in [0.1, 0.15) is 0 Å². The number of nitrogens with one attached hydrogen (secondary N) is 1. The third-order valence-electron chi connectivity index (χ3n) is 8.42. The van der Waals surface area contributed by atoms with E-state index < -0.39 is 0 Å². The minimum atomic E-state index is 1.04. The second kappa shape index (κ2) is 27.5. The molecule has 1 N–H and O–H groups in total. The second-order valence-electron chi connectivity index (χ2n) is 11.8. The first kappa shape index (κ1) is 32.0. The van der Waals surface area contributed by atoms with Gasteiger partial charge in [-0.15, -0.1) is 0 Å². The van der Waals surface area contributed by atoms with Crippen LogP contribution in [0.2, 0.25) is 0 Å². The average molecular weight is 478 g/mol. The number of piperidine rings is 1. The van der Waals surface area contributed by atoms with Gasteiger partial charge < -0.3 is 5.32 Å². The zero-order valence-corrected chi connectivity index (χ0v) is 24.0. The summed E-state index contributed by atoms with van der Waals surface area (Å²) in [6.07, 6.45) is 43.0. The minimum absolute atomic E-state index is 1.04. The van der Waals surface area contributed by atoms with Crippen molar-refractivity contribution in [2.24, 2.45) is 5.92 Å². The minimum Gasteiger partial charge on any atom is -0.317 e. The van der Waals surface area contributed by atoms with Gasteiger partial charge in [0.2, 0.25) is 0 Å². The Morgan fingerprint density at radius 2 is 0.647 bits per heavy atom. The van der Waals surface area contributed by atoms with Crippen LogP contribution in [0, 0.1) is 5.92 Å². The largest absolute Gasteiger partial charge is 0.317 e. The maximum absolute atomic E-state index is 3.49. The third kappa shape index (κ3) is 23.7. The molecule has 1 nitrogen and oxygen atoms in total. The van der Waals surface area contributed by atoms with Crippen molar-refractivity contribution in [2.45, 2.75) is 193 Å². The van der Waals surface area contributed by atoms with Gasteiger partial charge in [-0.1, -0.05) is 180 Å². The summed E-state index contributed by atoms with van der Waals surface area (Å²) in [5.74, 6) is 1.04. The molecule has 0 unspecified atom stereocenters. The Bertz CT molecular complexity index is 360. The molecule has 34 heavy (non-hydrogen) atoms. The van der Waals surface area contributed by atoms with E-state index >= 15 is 0 Å².